The number of aryl methyl sites for hydroxylation is 1. The van der Waals surface area contributed by atoms with Crippen molar-refractivity contribution in [2.45, 2.75) is 43.9 Å². The summed E-state index contributed by atoms with van der Waals surface area (Å²) in [5.41, 5.74) is 5.52. The molecule has 1 amide bonds. The minimum atomic E-state index is -3.12. The molecule has 0 bridgehead atoms. The average Bonchev–Trinajstić information content (AvgIpc) is 3.40. The Morgan fingerprint density at radius 2 is 1.60 bits per heavy atom. The Balaban J connectivity index is 1.16. The molecule has 3 saturated heterocycles. The number of carbonyl (C=O) groups excluding carboxylic acids is 1. The minimum Gasteiger partial charge on any atom is -0.372 e. The number of hydrogen-bond donors (Lipinski definition) is 0. The Hall–Kier alpha value is -3.10. The van der Waals surface area contributed by atoms with Gasteiger partial charge in [-0.05, 0) is 67.5 Å². The maximum atomic E-state index is 13.0. The molecule has 0 radical (unpaired) electrons. The van der Waals surface area contributed by atoms with Crippen LogP contribution in [0, 0.1) is 12.8 Å². The number of fused-ring (bicyclic) bond motifs is 1. The fourth-order valence-electron chi connectivity index (χ4n) is 6.18. The molecule has 3 fully saturated rings. The average molecular weight is 574 g/mol. The molecule has 40 heavy (non-hydrogen) atoms. The van der Waals surface area contributed by atoms with E-state index in [1.807, 2.05) is 36.1 Å². The van der Waals surface area contributed by atoms with E-state index in [-0.39, 0.29) is 35.1 Å². The molecule has 6 nitrogen and oxygen atoms in total. The molecular weight excluding hydrogens is 539 g/mol. The van der Waals surface area contributed by atoms with Gasteiger partial charge in [0.25, 0.3) is 5.91 Å². The summed E-state index contributed by atoms with van der Waals surface area (Å²) in [6.45, 7) is 4.06. The topological polar surface area (TPSA) is 70.0 Å². The normalized spacial score (nSPS) is 23.5. The molecule has 0 aliphatic carbocycles. The number of carbonyl (C=O) groups is 1. The van der Waals surface area contributed by atoms with Gasteiger partial charge in [-0.2, -0.15) is 4.99 Å². The van der Waals surface area contributed by atoms with Gasteiger partial charge in [0.15, 0.2) is 15.0 Å². The Morgan fingerprint density at radius 1 is 0.900 bits per heavy atom. The molecule has 3 aromatic carbocycles. The minimum absolute atomic E-state index is 0.0897. The number of piperidine rings is 1. The van der Waals surface area contributed by atoms with E-state index in [1.165, 1.54) is 35.9 Å². The van der Waals surface area contributed by atoms with Crippen LogP contribution in [0.4, 0.5) is 11.4 Å². The summed E-state index contributed by atoms with van der Waals surface area (Å²) in [5.74, 6) is 0.708. The molecule has 3 aromatic rings. The molecule has 208 valence electrons. The molecule has 3 heterocycles. The van der Waals surface area contributed by atoms with E-state index in [4.69, 9.17) is 0 Å². The van der Waals surface area contributed by atoms with Crippen molar-refractivity contribution in [3.63, 3.8) is 0 Å². The smallest absolute Gasteiger partial charge is 0.252 e. The lowest BCUT2D eigenvalue weighted by molar-refractivity contribution is -0.117. The first kappa shape index (κ1) is 27.1. The zero-order chi connectivity index (χ0) is 27.7. The first-order valence-corrected chi connectivity index (χ1v) is 16.8. The molecule has 3 aliphatic rings. The summed E-state index contributed by atoms with van der Waals surface area (Å²) in [6, 6.07) is 26.8. The van der Waals surface area contributed by atoms with Gasteiger partial charge in [0.1, 0.15) is 0 Å². The Bertz CT molecular complexity index is 1500. The van der Waals surface area contributed by atoms with Gasteiger partial charge in [-0.1, -0.05) is 71.9 Å². The first-order valence-electron chi connectivity index (χ1n) is 14.1. The Labute approximate surface area is 241 Å². The number of thioether (sulfide) groups is 1. The zero-order valence-corrected chi connectivity index (χ0v) is 24.4. The van der Waals surface area contributed by atoms with E-state index in [0.29, 0.717) is 11.1 Å². The standard InChI is InChI=1S/C32H35N3O3S2/c1-23-6-5-9-26(18-23)20-31(36)33-32-35(29-21-40(37,38)22-30(29)39-32)28-12-10-27(11-13-28)34-16-14-25(15-17-34)19-24-7-3-2-4-8-24/h2-13,18,25,29-30H,14-17,19-22H2,1H3/t29-,30-/m0/s1. The monoisotopic (exact) mass is 573 g/mol. The maximum absolute atomic E-state index is 13.0. The van der Waals surface area contributed by atoms with E-state index < -0.39 is 9.84 Å². The predicted molar refractivity (Wildman–Crippen MR) is 165 cm³/mol. The summed E-state index contributed by atoms with van der Waals surface area (Å²) in [6.07, 6.45) is 3.70. The van der Waals surface area contributed by atoms with Crippen LogP contribution in [0.2, 0.25) is 0 Å². The molecule has 2 atom stereocenters. The van der Waals surface area contributed by atoms with Crippen LogP contribution in [0.25, 0.3) is 0 Å². The zero-order valence-electron chi connectivity index (χ0n) is 22.8. The fraction of sp³-hybridized carbons (Fsp3) is 0.375. The SMILES string of the molecule is Cc1cccc(CC(=O)N=C2S[C@H]3CS(=O)(=O)C[C@@H]3N2c2ccc(N3CCC(Cc4ccccc4)CC3)cc2)c1. The summed E-state index contributed by atoms with van der Waals surface area (Å²) in [7, 11) is -3.12. The number of amides is 1. The van der Waals surface area contributed by atoms with Gasteiger partial charge < -0.3 is 9.80 Å². The first-order chi connectivity index (χ1) is 19.3. The van der Waals surface area contributed by atoms with Gasteiger partial charge in [-0.3, -0.25) is 4.79 Å². The summed E-state index contributed by atoms with van der Waals surface area (Å²) in [4.78, 5) is 21.9. The molecule has 0 unspecified atom stereocenters. The molecular formula is C32H35N3O3S2. The van der Waals surface area contributed by atoms with E-state index in [9.17, 15) is 13.2 Å². The van der Waals surface area contributed by atoms with E-state index >= 15 is 0 Å². The van der Waals surface area contributed by atoms with E-state index in [0.717, 1.165) is 36.3 Å². The van der Waals surface area contributed by atoms with Crippen LogP contribution < -0.4 is 9.80 Å². The summed E-state index contributed by atoms with van der Waals surface area (Å²) < 4.78 is 24.9. The molecule has 0 N–H and O–H groups in total. The fourth-order valence-corrected chi connectivity index (χ4v) is 10.1. The van der Waals surface area contributed by atoms with Crippen molar-refractivity contribution >= 4 is 44.0 Å². The molecule has 0 spiro atoms. The highest BCUT2D eigenvalue weighted by Crippen LogP contribution is 2.41. The number of sulfone groups is 1. The van der Waals surface area contributed by atoms with Gasteiger partial charge in [0.05, 0.1) is 24.0 Å². The van der Waals surface area contributed by atoms with Gasteiger partial charge in [0.2, 0.25) is 0 Å². The van der Waals surface area contributed by atoms with Crippen LogP contribution in [0.5, 0.6) is 0 Å². The second-order valence-corrected chi connectivity index (χ2v) is 14.6. The van der Waals surface area contributed by atoms with Gasteiger partial charge in [-0.15, -0.1) is 0 Å². The van der Waals surface area contributed by atoms with Crippen LogP contribution in [0.1, 0.15) is 29.5 Å². The van der Waals surface area contributed by atoms with Crippen molar-refractivity contribution in [2.75, 3.05) is 34.4 Å². The lowest BCUT2D eigenvalue weighted by Crippen LogP contribution is -2.38. The van der Waals surface area contributed by atoms with E-state index in [1.54, 1.807) is 0 Å². The third-order valence-corrected chi connectivity index (χ3v) is 11.4. The lowest BCUT2D eigenvalue weighted by Gasteiger charge is -2.34. The van der Waals surface area contributed by atoms with Crippen molar-refractivity contribution in [3.05, 3.63) is 95.6 Å². The molecule has 8 heteroatoms. The van der Waals surface area contributed by atoms with Crippen LogP contribution in [-0.2, 0) is 27.5 Å². The van der Waals surface area contributed by atoms with Crippen molar-refractivity contribution in [1.29, 1.82) is 0 Å². The molecule has 3 aliphatic heterocycles. The number of benzene rings is 3. The van der Waals surface area contributed by atoms with Crippen molar-refractivity contribution in [1.82, 2.24) is 0 Å². The number of anilines is 2. The van der Waals surface area contributed by atoms with Crippen molar-refractivity contribution in [3.8, 4) is 0 Å². The molecule has 0 saturated carbocycles. The van der Waals surface area contributed by atoms with Gasteiger partial charge in [-0.25, -0.2) is 8.42 Å². The number of nitrogens with zero attached hydrogens (tertiary/aromatic N) is 3. The van der Waals surface area contributed by atoms with Gasteiger partial charge >= 0.3 is 0 Å². The van der Waals surface area contributed by atoms with Crippen LogP contribution >= 0.6 is 11.8 Å². The third kappa shape index (κ3) is 6.13. The highest BCUT2D eigenvalue weighted by molar-refractivity contribution is 8.16. The predicted octanol–water partition coefficient (Wildman–Crippen LogP) is 5.30. The second kappa shape index (κ2) is 11.4. The second-order valence-electron chi connectivity index (χ2n) is 11.3. The number of rotatable bonds is 6. The number of hydrogen-bond acceptors (Lipinski definition) is 5. The Morgan fingerprint density at radius 3 is 2.33 bits per heavy atom. The van der Waals surface area contributed by atoms with E-state index in [2.05, 4.69) is 64.5 Å². The maximum Gasteiger partial charge on any atom is 0.252 e. The van der Waals surface area contributed by atoms with Crippen molar-refractivity contribution < 1.29 is 13.2 Å². The highest BCUT2D eigenvalue weighted by Gasteiger charge is 2.49. The molecule has 0 aromatic heterocycles. The highest BCUT2D eigenvalue weighted by atomic mass is 32.2. The third-order valence-electron chi connectivity index (χ3n) is 8.20. The lowest BCUT2D eigenvalue weighted by atomic mass is 9.90. The molecule has 6 rings (SSSR count). The van der Waals surface area contributed by atoms with Crippen LogP contribution in [0.3, 0.4) is 0 Å². The number of aliphatic imine (C=N–C) groups is 1. The quantitative estimate of drug-likeness (QED) is 0.399. The number of amidine groups is 1. The summed E-state index contributed by atoms with van der Waals surface area (Å²) >= 11 is 1.43. The largest absolute Gasteiger partial charge is 0.372 e. The van der Waals surface area contributed by atoms with Crippen LogP contribution in [-0.4, -0.2) is 55.4 Å². The summed E-state index contributed by atoms with van der Waals surface area (Å²) in [5, 5.41) is 0.496. The Kier molecular flexibility index (Phi) is 7.73. The van der Waals surface area contributed by atoms with Crippen molar-refractivity contribution in [2.24, 2.45) is 10.9 Å². The van der Waals surface area contributed by atoms with Gasteiger partial charge in [0, 0.05) is 29.7 Å². The van der Waals surface area contributed by atoms with Crippen LogP contribution in [0.15, 0.2) is 83.9 Å².